The van der Waals surface area contributed by atoms with Gasteiger partial charge in [-0.05, 0) is 24.7 Å². The fourth-order valence-corrected chi connectivity index (χ4v) is 2.89. The third-order valence-corrected chi connectivity index (χ3v) is 3.61. The minimum Gasteiger partial charge on any atom is -0.480 e. The largest absolute Gasteiger partial charge is 0.480 e. The van der Waals surface area contributed by atoms with Gasteiger partial charge in [0, 0.05) is 19.0 Å². The number of nitrogens with one attached hydrogen (secondary N) is 1. The summed E-state index contributed by atoms with van der Waals surface area (Å²) in [5.41, 5.74) is 1.43. The number of aliphatic carboxylic acids is 1. The number of hydrogen-bond acceptors (Lipinski definition) is 3. The van der Waals surface area contributed by atoms with Crippen LogP contribution in [-0.2, 0) is 9.59 Å². The number of nitrogens with zero attached hydrogens (tertiary/aromatic N) is 1. The minimum absolute atomic E-state index is 0.108. The van der Waals surface area contributed by atoms with Crippen molar-refractivity contribution in [2.45, 2.75) is 45.8 Å². The summed E-state index contributed by atoms with van der Waals surface area (Å²) in [5.74, 6) is -0.522. The Morgan fingerprint density at radius 1 is 1.50 bits per heavy atom. The van der Waals surface area contributed by atoms with Gasteiger partial charge in [-0.25, -0.2) is 0 Å². The molecule has 0 spiro atoms. The molecule has 0 aromatic heterocycles. The number of carboxylic acid groups (broad SMARTS) is 1. The number of likely N-dealkylation sites (tertiary alicyclic amines) is 1. The number of carboxylic acids is 1. The van der Waals surface area contributed by atoms with Crippen molar-refractivity contribution >= 4 is 23.5 Å². The Balaban J connectivity index is 2.89. The number of carbonyl (C=O) groups is 2. The highest BCUT2D eigenvalue weighted by Crippen LogP contribution is 2.28. The predicted molar refractivity (Wildman–Crippen MR) is 78.3 cm³/mol. The summed E-state index contributed by atoms with van der Waals surface area (Å²) in [6.45, 7) is 6.15. The molecule has 1 aliphatic rings. The molecule has 3 unspecified atom stereocenters. The molecule has 1 heterocycles. The van der Waals surface area contributed by atoms with Crippen molar-refractivity contribution in [2.75, 3.05) is 6.54 Å². The zero-order valence-electron chi connectivity index (χ0n) is 12.2. The first-order chi connectivity index (χ1) is 9.35. The van der Waals surface area contributed by atoms with E-state index in [1.807, 2.05) is 11.0 Å². The van der Waals surface area contributed by atoms with Crippen molar-refractivity contribution in [3.63, 3.8) is 0 Å². The smallest absolute Gasteiger partial charge is 0.321 e. The summed E-state index contributed by atoms with van der Waals surface area (Å²) in [5, 5.41) is 12.2. The summed E-state index contributed by atoms with van der Waals surface area (Å²) in [6, 6.07) is -0.580. The van der Waals surface area contributed by atoms with Gasteiger partial charge in [0.25, 0.3) is 0 Å². The van der Waals surface area contributed by atoms with Crippen LogP contribution in [0.4, 0.5) is 0 Å². The van der Waals surface area contributed by atoms with Gasteiger partial charge in [-0.15, -0.1) is 0 Å². The van der Waals surface area contributed by atoms with Gasteiger partial charge in [0.1, 0.15) is 6.04 Å². The van der Waals surface area contributed by atoms with Crippen molar-refractivity contribution in [3.8, 4) is 0 Å². The minimum atomic E-state index is -0.852. The van der Waals surface area contributed by atoms with Gasteiger partial charge in [0.2, 0.25) is 5.91 Å². The quantitative estimate of drug-likeness (QED) is 0.787. The van der Waals surface area contributed by atoms with Crippen molar-refractivity contribution in [3.05, 3.63) is 11.6 Å². The molecule has 0 aromatic rings. The van der Waals surface area contributed by atoms with E-state index < -0.39 is 12.0 Å². The Morgan fingerprint density at radius 3 is 2.60 bits per heavy atom. The lowest BCUT2D eigenvalue weighted by Gasteiger charge is -2.32. The van der Waals surface area contributed by atoms with Crippen LogP contribution < -0.4 is 5.32 Å². The van der Waals surface area contributed by atoms with E-state index in [9.17, 15) is 14.7 Å². The Bertz CT molecular complexity index is 385. The van der Waals surface area contributed by atoms with Crippen molar-refractivity contribution in [1.82, 2.24) is 10.2 Å². The highest BCUT2D eigenvalue weighted by molar-refractivity contribution is 6.25. The second kappa shape index (κ2) is 7.64. The molecule has 0 radical (unpaired) electrons. The van der Waals surface area contributed by atoms with Crippen molar-refractivity contribution in [1.29, 1.82) is 0 Å². The lowest BCUT2D eigenvalue weighted by atomic mass is 10.1. The number of halogens is 1. The average Bonchev–Trinajstić information content (AvgIpc) is 2.71. The first-order valence-electron chi connectivity index (χ1n) is 6.87. The van der Waals surface area contributed by atoms with E-state index in [2.05, 4.69) is 19.2 Å². The van der Waals surface area contributed by atoms with E-state index in [1.165, 1.54) is 12.5 Å². The summed E-state index contributed by atoms with van der Waals surface area (Å²) in [7, 11) is 0. The van der Waals surface area contributed by atoms with Crippen molar-refractivity contribution in [2.24, 2.45) is 11.8 Å². The molecular formula is C14H23ClN2O3. The van der Waals surface area contributed by atoms with Crippen LogP contribution in [0.2, 0.25) is 0 Å². The SMILES string of the molecule is CC(=O)NC(CC(C)C)N1CC(/C=C\Cl)CC1C(=O)O. The Labute approximate surface area is 125 Å². The highest BCUT2D eigenvalue weighted by Gasteiger charge is 2.39. The van der Waals surface area contributed by atoms with E-state index in [1.54, 1.807) is 0 Å². The zero-order chi connectivity index (χ0) is 15.3. The zero-order valence-corrected chi connectivity index (χ0v) is 12.9. The van der Waals surface area contributed by atoms with Gasteiger partial charge in [-0.1, -0.05) is 31.5 Å². The molecule has 0 bridgehead atoms. The third kappa shape index (κ3) is 4.80. The molecule has 3 atom stereocenters. The lowest BCUT2D eigenvalue weighted by Crippen LogP contribution is -2.52. The maximum Gasteiger partial charge on any atom is 0.321 e. The van der Waals surface area contributed by atoms with Crippen LogP contribution in [-0.4, -0.2) is 40.6 Å². The molecule has 1 rings (SSSR count). The van der Waals surface area contributed by atoms with Crippen LogP contribution in [0.5, 0.6) is 0 Å². The number of hydrogen-bond donors (Lipinski definition) is 2. The van der Waals surface area contributed by atoms with Crippen LogP contribution in [0.3, 0.4) is 0 Å². The summed E-state index contributed by atoms with van der Waals surface area (Å²) >= 11 is 5.59. The van der Waals surface area contributed by atoms with E-state index in [0.29, 0.717) is 18.9 Å². The first kappa shape index (κ1) is 17.0. The van der Waals surface area contributed by atoms with Gasteiger partial charge in [0.05, 0.1) is 6.17 Å². The first-order valence-corrected chi connectivity index (χ1v) is 7.31. The predicted octanol–water partition coefficient (Wildman–Crippen LogP) is 2.02. The second-order valence-corrected chi connectivity index (χ2v) is 5.96. The molecule has 1 fully saturated rings. The molecule has 6 heteroatoms. The molecule has 1 aliphatic heterocycles. The summed E-state index contributed by atoms with van der Waals surface area (Å²) in [6.07, 6.45) is 2.81. The van der Waals surface area contributed by atoms with E-state index in [-0.39, 0.29) is 18.0 Å². The van der Waals surface area contributed by atoms with Gasteiger partial charge in [-0.2, -0.15) is 0 Å². The maximum absolute atomic E-state index is 11.4. The second-order valence-electron chi connectivity index (χ2n) is 5.71. The summed E-state index contributed by atoms with van der Waals surface area (Å²) < 4.78 is 0. The Kier molecular flexibility index (Phi) is 6.49. The molecule has 0 aliphatic carbocycles. The topological polar surface area (TPSA) is 69.6 Å². The van der Waals surface area contributed by atoms with Crippen LogP contribution in [0, 0.1) is 11.8 Å². The van der Waals surface area contributed by atoms with Gasteiger partial charge in [-0.3, -0.25) is 14.5 Å². The van der Waals surface area contributed by atoms with Gasteiger partial charge >= 0.3 is 5.97 Å². The van der Waals surface area contributed by atoms with Crippen molar-refractivity contribution < 1.29 is 14.7 Å². The van der Waals surface area contributed by atoms with E-state index in [4.69, 9.17) is 11.6 Å². The molecular weight excluding hydrogens is 280 g/mol. The Hall–Kier alpha value is -1.07. The van der Waals surface area contributed by atoms with Gasteiger partial charge in [0.15, 0.2) is 0 Å². The number of carbonyl (C=O) groups excluding carboxylic acids is 1. The Morgan fingerprint density at radius 2 is 2.15 bits per heavy atom. The third-order valence-electron chi connectivity index (χ3n) is 3.47. The van der Waals surface area contributed by atoms with Gasteiger partial charge < -0.3 is 10.4 Å². The van der Waals surface area contributed by atoms with E-state index in [0.717, 1.165) is 6.42 Å². The maximum atomic E-state index is 11.4. The lowest BCUT2D eigenvalue weighted by molar-refractivity contribution is -0.144. The van der Waals surface area contributed by atoms with Crippen LogP contribution in [0.15, 0.2) is 11.6 Å². The summed E-state index contributed by atoms with van der Waals surface area (Å²) in [4.78, 5) is 24.6. The standard InChI is InChI=1S/C14H23ClN2O3/c1-9(2)6-13(16-10(3)18)17-8-11(4-5-15)7-12(17)14(19)20/h4-5,9,11-13H,6-8H2,1-3H3,(H,16,18)(H,19,20)/b5-4-. The molecule has 0 aromatic carbocycles. The normalized spacial score (nSPS) is 25.2. The van der Waals surface area contributed by atoms with Crippen LogP contribution in [0.25, 0.3) is 0 Å². The fourth-order valence-electron chi connectivity index (χ4n) is 2.68. The molecule has 5 nitrogen and oxygen atoms in total. The van der Waals surface area contributed by atoms with Crippen LogP contribution >= 0.6 is 11.6 Å². The number of rotatable bonds is 6. The highest BCUT2D eigenvalue weighted by atomic mass is 35.5. The molecule has 2 N–H and O–H groups in total. The molecule has 20 heavy (non-hydrogen) atoms. The molecule has 1 saturated heterocycles. The molecule has 0 saturated carbocycles. The van der Waals surface area contributed by atoms with Crippen LogP contribution in [0.1, 0.15) is 33.6 Å². The van der Waals surface area contributed by atoms with E-state index >= 15 is 0 Å². The molecule has 114 valence electrons. The number of amides is 1. The fraction of sp³-hybridized carbons (Fsp3) is 0.714. The molecule has 1 amide bonds. The monoisotopic (exact) mass is 302 g/mol. The average molecular weight is 303 g/mol.